The van der Waals surface area contributed by atoms with E-state index in [1.807, 2.05) is 0 Å². The summed E-state index contributed by atoms with van der Waals surface area (Å²) < 4.78 is 79.0. The fourth-order valence-corrected chi connectivity index (χ4v) is 1.52. The Kier molecular flexibility index (Phi) is 6.58. The van der Waals surface area contributed by atoms with Gasteiger partial charge in [0.25, 0.3) is 5.60 Å². The average molecular weight is 422 g/mol. The quantitative estimate of drug-likeness (QED) is 0.320. The van der Waals surface area contributed by atoms with E-state index < -0.39 is 40.4 Å². The first-order chi connectivity index (χ1) is 8.82. The second kappa shape index (κ2) is 6.67. The monoisotopic (exact) mass is 422 g/mol. The third-order valence-corrected chi connectivity index (χ3v) is 3.96. The van der Waals surface area contributed by atoms with E-state index in [4.69, 9.17) is 5.11 Å². The molecule has 3 nitrogen and oxygen atoms in total. The molecule has 0 fully saturated rings. The summed E-state index contributed by atoms with van der Waals surface area (Å²) in [6, 6.07) is 0. The number of carbonyl (C=O) groups is 1. The Labute approximate surface area is 124 Å². The Morgan fingerprint density at radius 1 is 1.10 bits per heavy atom. The Hall–Kier alpha value is -0.260. The highest BCUT2D eigenvalue weighted by molar-refractivity contribution is 14.1. The van der Waals surface area contributed by atoms with Crippen molar-refractivity contribution < 1.29 is 41.0 Å². The van der Waals surface area contributed by atoms with Gasteiger partial charge in [0.2, 0.25) is 0 Å². The maximum absolute atomic E-state index is 12.6. The van der Waals surface area contributed by atoms with E-state index in [0.29, 0.717) is 0 Å². The van der Waals surface area contributed by atoms with E-state index in [-0.39, 0.29) is 6.42 Å². The van der Waals surface area contributed by atoms with Crippen molar-refractivity contribution in [2.45, 2.75) is 54.7 Å². The van der Waals surface area contributed by atoms with Gasteiger partial charge < -0.3 is 9.84 Å². The molecule has 0 bridgehead atoms. The lowest BCUT2D eigenvalue weighted by molar-refractivity contribution is -0.391. The summed E-state index contributed by atoms with van der Waals surface area (Å²) in [4.78, 5) is 11.4. The van der Waals surface area contributed by atoms with Crippen molar-refractivity contribution in [1.29, 1.82) is 0 Å². The predicted molar refractivity (Wildman–Crippen MR) is 65.3 cm³/mol. The zero-order valence-corrected chi connectivity index (χ0v) is 12.6. The van der Waals surface area contributed by atoms with E-state index >= 15 is 0 Å². The number of halogens is 7. The molecule has 0 aliphatic carbocycles. The molecule has 0 heterocycles. The molecular weight excluding hydrogens is 409 g/mol. The molecule has 1 N–H and O–H groups in total. The average Bonchev–Trinajstić information content (AvgIpc) is 2.30. The summed E-state index contributed by atoms with van der Waals surface area (Å²) in [6.45, 7) is 2.47. The Bertz CT molecular complexity index is 327. The van der Waals surface area contributed by atoms with Gasteiger partial charge in [0, 0.05) is 0 Å². The van der Waals surface area contributed by atoms with Gasteiger partial charge in [-0.2, -0.15) is 26.3 Å². The van der Waals surface area contributed by atoms with Crippen LogP contribution in [0.25, 0.3) is 0 Å². The molecule has 0 saturated heterocycles. The molecule has 120 valence electrons. The predicted octanol–water partition coefficient (Wildman–Crippen LogP) is 3.38. The number of aliphatic hydroxyl groups is 1. The number of carbonyl (C=O) groups excluding carboxylic acids is 1. The van der Waals surface area contributed by atoms with Crippen LogP contribution in [0.2, 0.25) is 0 Å². The van der Waals surface area contributed by atoms with Gasteiger partial charge in [0.1, 0.15) is 10.0 Å². The number of hydrogen-bond acceptors (Lipinski definition) is 3. The first kappa shape index (κ1) is 19.7. The molecule has 0 rings (SSSR count). The van der Waals surface area contributed by atoms with E-state index in [2.05, 4.69) is 4.74 Å². The molecule has 10 heteroatoms. The molecule has 0 spiro atoms. The summed E-state index contributed by atoms with van der Waals surface area (Å²) in [6.07, 6.45) is -15.4. The molecule has 2 atom stereocenters. The fourth-order valence-electron chi connectivity index (χ4n) is 1.37. The van der Waals surface area contributed by atoms with Gasteiger partial charge in [-0.25, -0.2) is 0 Å². The summed E-state index contributed by atoms with van der Waals surface area (Å²) in [5.41, 5.74) is -5.09. The molecule has 0 aliphatic rings. The third kappa shape index (κ3) is 3.89. The van der Waals surface area contributed by atoms with Crippen LogP contribution in [0.1, 0.15) is 26.7 Å². The van der Waals surface area contributed by atoms with Gasteiger partial charge >= 0.3 is 18.3 Å². The van der Waals surface area contributed by atoms with Gasteiger partial charge in [-0.1, -0.05) is 36.4 Å². The van der Waals surface area contributed by atoms with Crippen molar-refractivity contribution in [3.8, 4) is 0 Å². The number of rotatable bonds is 5. The highest BCUT2D eigenvalue weighted by atomic mass is 127. The molecule has 0 aliphatic heterocycles. The fraction of sp³-hybridized carbons (Fsp3) is 0.900. The van der Waals surface area contributed by atoms with Crippen LogP contribution in [0, 0.1) is 0 Å². The van der Waals surface area contributed by atoms with Crippen molar-refractivity contribution in [3.63, 3.8) is 0 Å². The Morgan fingerprint density at radius 2 is 1.50 bits per heavy atom. The van der Waals surface area contributed by atoms with Gasteiger partial charge in [0.15, 0.2) is 0 Å². The number of esters is 1. The second-order valence-electron chi connectivity index (χ2n) is 3.97. The molecule has 0 aromatic rings. The first-order valence-electron chi connectivity index (χ1n) is 5.53. The topological polar surface area (TPSA) is 46.5 Å². The largest absolute Gasteiger partial charge is 0.458 e. The van der Waals surface area contributed by atoms with Crippen LogP contribution in [0.15, 0.2) is 0 Å². The van der Waals surface area contributed by atoms with Crippen LogP contribution in [-0.4, -0.2) is 39.1 Å². The third-order valence-electron chi connectivity index (χ3n) is 2.57. The highest BCUT2D eigenvalue weighted by Gasteiger charge is 2.75. The number of ether oxygens (including phenoxy) is 1. The summed E-state index contributed by atoms with van der Waals surface area (Å²) >= 11 is 1.53. The molecule has 0 radical (unpaired) electrons. The van der Waals surface area contributed by atoms with Gasteiger partial charge in [-0.05, 0) is 12.8 Å². The summed E-state index contributed by atoms with van der Waals surface area (Å²) in [5, 5.41) is 9.12. The minimum Gasteiger partial charge on any atom is -0.458 e. The molecule has 20 heavy (non-hydrogen) atoms. The van der Waals surface area contributed by atoms with Gasteiger partial charge in [0.05, 0.1) is 0 Å². The number of alkyl halides is 7. The molecule has 2 unspecified atom stereocenters. The van der Waals surface area contributed by atoms with Gasteiger partial charge in [-0.15, -0.1) is 0 Å². The van der Waals surface area contributed by atoms with Crippen LogP contribution >= 0.6 is 22.6 Å². The van der Waals surface area contributed by atoms with Crippen LogP contribution in [0.3, 0.4) is 0 Å². The van der Waals surface area contributed by atoms with Crippen molar-refractivity contribution in [2.24, 2.45) is 0 Å². The normalized spacial score (nSPS) is 16.7. The summed E-state index contributed by atoms with van der Waals surface area (Å²) in [7, 11) is 0. The summed E-state index contributed by atoms with van der Waals surface area (Å²) in [5.74, 6) is -1.23. The lowest BCUT2D eigenvalue weighted by Crippen LogP contribution is -2.65. The molecular formula is C10H13F6IO3. The maximum atomic E-state index is 12.6. The van der Waals surface area contributed by atoms with Crippen LogP contribution in [-0.2, 0) is 9.53 Å². The first-order valence-corrected chi connectivity index (χ1v) is 6.77. The standard InChI is InChI=1S/C10H13F6IO3/c1-3-5(17)7(18)20-6(4-2)8(19,9(11,12)13)10(14,15)16/h5-6,19H,3-4H2,1-2H3. The Morgan fingerprint density at radius 3 is 1.75 bits per heavy atom. The van der Waals surface area contributed by atoms with Crippen LogP contribution in [0.5, 0.6) is 0 Å². The molecule has 0 aromatic heterocycles. The lowest BCUT2D eigenvalue weighted by atomic mass is 9.93. The van der Waals surface area contributed by atoms with E-state index in [1.54, 1.807) is 0 Å². The zero-order chi connectivity index (χ0) is 16.4. The molecule has 0 aromatic carbocycles. The molecule has 0 amide bonds. The SMILES string of the molecule is CCC(I)C(=O)OC(CC)C(O)(C(F)(F)F)C(F)(F)F. The smallest absolute Gasteiger partial charge is 0.430 e. The second-order valence-corrected chi connectivity index (χ2v) is 5.48. The van der Waals surface area contributed by atoms with Crippen molar-refractivity contribution in [3.05, 3.63) is 0 Å². The van der Waals surface area contributed by atoms with Crippen LogP contribution in [0.4, 0.5) is 26.3 Å². The Balaban J connectivity index is 5.50. The maximum Gasteiger partial charge on any atom is 0.430 e. The zero-order valence-electron chi connectivity index (χ0n) is 10.5. The van der Waals surface area contributed by atoms with E-state index in [1.165, 1.54) is 29.5 Å². The van der Waals surface area contributed by atoms with Crippen molar-refractivity contribution in [2.75, 3.05) is 0 Å². The van der Waals surface area contributed by atoms with Crippen molar-refractivity contribution in [1.82, 2.24) is 0 Å². The minimum atomic E-state index is -6.01. The van der Waals surface area contributed by atoms with Crippen molar-refractivity contribution >= 4 is 28.6 Å². The molecule has 0 saturated carbocycles. The minimum absolute atomic E-state index is 0.173. The number of hydrogen-bond donors (Lipinski definition) is 1. The highest BCUT2D eigenvalue weighted by Crippen LogP contribution is 2.47. The van der Waals surface area contributed by atoms with Gasteiger partial charge in [-0.3, -0.25) is 4.79 Å². The van der Waals surface area contributed by atoms with Crippen LogP contribution < -0.4 is 0 Å². The van der Waals surface area contributed by atoms with E-state index in [9.17, 15) is 31.1 Å². The lowest BCUT2D eigenvalue weighted by Gasteiger charge is -2.37. The van der Waals surface area contributed by atoms with E-state index in [0.717, 1.165) is 6.92 Å².